The standard InChI is InChI=1S/C10H7Cl2N3O3/c11-14-8(16)13(9(17)15(12)10(14)18)6-7-4-2-1-3-5-7/h1-5H,6H2. The highest BCUT2D eigenvalue weighted by molar-refractivity contribution is 6.17. The predicted molar refractivity (Wildman–Crippen MR) is 67.3 cm³/mol. The van der Waals surface area contributed by atoms with Gasteiger partial charge in [0, 0.05) is 23.6 Å². The van der Waals surface area contributed by atoms with Gasteiger partial charge in [0.25, 0.3) is 0 Å². The number of nitrogens with zero attached hydrogens (tertiary/aromatic N) is 3. The normalized spacial score (nSPS) is 10.6. The lowest BCUT2D eigenvalue weighted by Gasteiger charge is -2.06. The number of hydrogen-bond donors (Lipinski definition) is 0. The largest absolute Gasteiger partial charge is 0.366 e. The SMILES string of the molecule is O=c1n(Cl)c(=O)n(Cc2ccccc2)c(=O)n1Cl. The van der Waals surface area contributed by atoms with Crippen molar-refractivity contribution in [1.82, 2.24) is 12.7 Å². The van der Waals surface area contributed by atoms with E-state index in [2.05, 4.69) is 0 Å². The highest BCUT2D eigenvalue weighted by atomic mass is 35.5. The molecule has 0 fully saturated rings. The lowest BCUT2D eigenvalue weighted by atomic mass is 10.2. The Kier molecular flexibility index (Phi) is 3.40. The third-order valence-electron chi connectivity index (χ3n) is 2.32. The van der Waals surface area contributed by atoms with Crippen LogP contribution in [0.2, 0.25) is 0 Å². The Balaban J connectivity index is 2.64. The van der Waals surface area contributed by atoms with Gasteiger partial charge in [-0.2, -0.15) is 0 Å². The summed E-state index contributed by atoms with van der Waals surface area (Å²) in [5.74, 6) is 0. The van der Waals surface area contributed by atoms with Gasteiger partial charge in [0.2, 0.25) is 0 Å². The van der Waals surface area contributed by atoms with E-state index in [1.807, 2.05) is 0 Å². The first-order valence-electron chi connectivity index (χ1n) is 4.87. The Bertz CT molecular complexity index is 705. The summed E-state index contributed by atoms with van der Waals surface area (Å²) in [6.07, 6.45) is 0. The maximum absolute atomic E-state index is 11.7. The number of aromatic nitrogens is 3. The topological polar surface area (TPSA) is 66.0 Å². The second-order valence-corrected chi connectivity index (χ2v) is 4.16. The van der Waals surface area contributed by atoms with Gasteiger partial charge >= 0.3 is 17.1 Å². The first kappa shape index (κ1) is 12.7. The van der Waals surface area contributed by atoms with Crippen LogP contribution in [0.4, 0.5) is 0 Å². The van der Waals surface area contributed by atoms with Crippen LogP contribution in [-0.2, 0) is 6.54 Å². The van der Waals surface area contributed by atoms with Crippen molar-refractivity contribution in [1.29, 1.82) is 0 Å². The van der Waals surface area contributed by atoms with E-state index in [1.165, 1.54) is 0 Å². The molecule has 1 heterocycles. The maximum Gasteiger partial charge on any atom is 0.366 e. The quantitative estimate of drug-likeness (QED) is 0.794. The summed E-state index contributed by atoms with van der Waals surface area (Å²) in [6, 6.07) is 8.78. The van der Waals surface area contributed by atoms with Crippen LogP contribution < -0.4 is 17.1 Å². The van der Waals surface area contributed by atoms with Crippen LogP contribution >= 0.6 is 23.6 Å². The molecule has 0 N–H and O–H groups in total. The highest BCUT2D eigenvalue weighted by Crippen LogP contribution is 1.98. The number of benzene rings is 1. The summed E-state index contributed by atoms with van der Waals surface area (Å²) in [7, 11) is 0. The molecule has 0 atom stereocenters. The minimum absolute atomic E-state index is 0.0156. The average molecular weight is 288 g/mol. The Morgan fingerprint density at radius 3 is 1.83 bits per heavy atom. The molecule has 1 aromatic carbocycles. The third kappa shape index (κ3) is 2.12. The summed E-state index contributed by atoms with van der Waals surface area (Å²) >= 11 is 10.9. The molecule has 2 aromatic rings. The summed E-state index contributed by atoms with van der Waals surface area (Å²) < 4.78 is 1.30. The van der Waals surface area contributed by atoms with E-state index >= 15 is 0 Å². The molecule has 1 aromatic heterocycles. The molecule has 0 saturated carbocycles. The van der Waals surface area contributed by atoms with Crippen LogP contribution in [0, 0.1) is 0 Å². The van der Waals surface area contributed by atoms with Gasteiger partial charge in [0.05, 0.1) is 6.54 Å². The number of hydrogen-bond acceptors (Lipinski definition) is 3. The van der Waals surface area contributed by atoms with Gasteiger partial charge in [-0.25, -0.2) is 19.0 Å². The fourth-order valence-corrected chi connectivity index (χ4v) is 1.81. The van der Waals surface area contributed by atoms with Crippen LogP contribution in [-0.4, -0.2) is 12.7 Å². The van der Waals surface area contributed by atoms with E-state index in [4.69, 9.17) is 23.6 Å². The summed E-state index contributed by atoms with van der Waals surface area (Å²) in [5.41, 5.74) is -2.22. The van der Waals surface area contributed by atoms with Crippen molar-refractivity contribution < 1.29 is 0 Å². The van der Waals surface area contributed by atoms with Gasteiger partial charge in [-0.15, -0.1) is 8.17 Å². The zero-order chi connectivity index (χ0) is 13.3. The van der Waals surface area contributed by atoms with Crippen LogP contribution in [0.15, 0.2) is 44.7 Å². The Morgan fingerprint density at radius 2 is 1.33 bits per heavy atom. The Morgan fingerprint density at radius 1 is 0.833 bits per heavy atom. The molecule has 0 aliphatic carbocycles. The van der Waals surface area contributed by atoms with Crippen LogP contribution in [0.1, 0.15) is 5.56 Å². The van der Waals surface area contributed by atoms with Crippen LogP contribution in [0.3, 0.4) is 0 Å². The van der Waals surface area contributed by atoms with Gasteiger partial charge < -0.3 is 0 Å². The van der Waals surface area contributed by atoms with E-state index in [9.17, 15) is 14.4 Å². The van der Waals surface area contributed by atoms with Crippen molar-refractivity contribution in [2.24, 2.45) is 0 Å². The molecule has 0 aliphatic rings. The highest BCUT2D eigenvalue weighted by Gasteiger charge is 2.13. The number of rotatable bonds is 2. The van der Waals surface area contributed by atoms with Gasteiger partial charge in [-0.1, -0.05) is 30.3 Å². The lowest BCUT2D eigenvalue weighted by molar-refractivity contribution is 0.621. The molecule has 2 rings (SSSR count). The molecular formula is C10H7Cl2N3O3. The molecule has 0 spiro atoms. The number of halogens is 2. The summed E-state index contributed by atoms with van der Waals surface area (Å²) in [4.78, 5) is 34.6. The molecular weight excluding hydrogens is 281 g/mol. The molecule has 0 aliphatic heterocycles. The molecule has 0 bridgehead atoms. The minimum Gasteiger partial charge on any atom is -0.246 e. The second kappa shape index (κ2) is 4.83. The second-order valence-electron chi connectivity index (χ2n) is 3.48. The van der Waals surface area contributed by atoms with Crippen molar-refractivity contribution in [2.75, 3.05) is 0 Å². The zero-order valence-electron chi connectivity index (χ0n) is 8.92. The van der Waals surface area contributed by atoms with Crippen molar-refractivity contribution in [3.8, 4) is 0 Å². The van der Waals surface area contributed by atoms with E-state index < -0.39 is 17.1 Å². The molecule has 6 nitrogen and oxygen atoms in total. The van der Waals surface area contributed by atoms with Crippen LogP contribution in [0.25, 0.3) is 0 Å². The average Bonchev–Trinajstić information content (AvgIpc) is 2.40. The fourth-order valence-electron chi connectivity index (χ4n) is 1.44. The lowest BCUT2D eigenvalue weighted by Crippen LogP contribution is -2.50. The molecule has 0 amide bonds. The van der Waals surface area contributed by atoms with Gasteiger partial charge in [-0.3, -0.25) is 0 Å². The maximum atomic E-state index is 11.7. The van der Waals surface area contributed by atoms with Crippen molar-refractivity contribution in [2.45, 2.75) is 6.54 Å². The van der Waals surface area contributed by atoms with Crippen molar-refractivity contribution >= 4 is 23.6 Å². The van der Waals surface area contributed by atoms with Crippen molar-refractivity contribution in [3.63, 3.8) is 0 Å². The Labute approximate surface area is 110 Å². The predicted octanol–water partition coefficient (Wildman–Crippen LogP) is 0.224. The van der Waals surface area contributed by atoms with E-state index in [1.54, 1.807) is 30.3 Å². The first-order valence-corrected chi connectivity index (χ1v) is 5.55. The fraction of sp³-hybridized carbons (Fsp3) is 0.100. The van der Waals surface area contributed by atoms with Gasteiger partial charge in [-0.05, 0) is 5.56 Å². The van der Waals surface area contributed by atoms with E-state index in [-0.39, 0.29) is 14.7 Å². The third-order valence-corrected chi connectivity index (χ3v) is 2.90. The summed E-state index contributed by atoms with van der Waals surface area (Å²) in [6.45, 7) is -0.0156. The zero-order valence-corrected chi connectivity index (χ0v) is 10.4. The molecule has 0 saturated heterocycles. The molecule has 0 unspecified atom stereocenters. The monoisotopic (exact) mass is 287 g/mol. The molecule has 94 valence electrons. The Hall–Kier alpha value is -1.79. The molecule has 0 radical (unpaired) electrons. The minimum atomic E-state index is -1.09. The van der Waals surface area contributed by atoms with Gasteiger partial charge in [0.15, 0.2) is 0 Å². The first-order chi connectivity index (χ1) is 8.52. The molecule has 8 heteroatoms. The van der Waals surface area contributed by atoms with Crippen molar-refractivity contribution in [3.05, 3.63) is 67.3 Å². The summed E-state index contributed by atoms with van der Waals surface area (Å²) in [5, 5.41) is 0. The van der Waals surface area contributed by atoms with E-state index in [0.29, 0.717) is 5.56 Å². The molecule has 18 heavy (non-hydrogen) atoms. The smallest absolute Gasteiger partial charge is 0.246 e. The van der Waals surface area contributed by atoms with Crippen LogP contribution in [0.5, 0.6) is 0 Å². The van der Waals surface area contributed by atoms with Gasteiger partial charge in [0.1, 0.15) is 0 Å². The van der Waals surface area contributed by atoms with E-state index in [0.717, 1.165) is 4.57 Å².